The van der Waals surface area contributed by atoms with E-state index in [-0.39, 0.29) is 0 Å². The number of benzene rings is 1. The third kappa shape index (κ3) is 7.03. The van der Waals surface area contributed by atoms with Crippen LogP contribution in [0.25, 0.3) is 0 Å². The summed E-state index contributed by atoms with van der Waals surface area (Å²) in [7, 11) is 0. The molecule has 0 spiro atoms. The highest BCUT2D eigenvalue weighted by Crippen LogP contribution is 2.34. The molecule has 0 radical (unpaired) electrons. The maximum Gasteiger partial charge on any atom is 0.142 e. The summed E-state index contributed by atoms with van der Waals surface area (Å²) in [5.74, 6) is 1.86. The first-order chi connectivity index (χ1) is 11.8. The molecule has 2 rings (SSSR count). The number of carbonyl (C=O) groups is 1. The molecule has 0 N–H and O–H groups in total. The van der Waals surface area contributed by atoms with E-state index in [2.05, 4.69) is 31.2 Å². The Morgan fingerprint density at radius 2 is 1.54 bits per heavy atom. The summed E-state index contributed by atoms with van der Waals surface area (Å²) in [5.41, 5.74) is 2.94. The molecule has 1 aliphatic carbocycles. The summed E-state index contributed by atoms with van der Waals surface area (Å²) in [6.45, 7) is 2.21. The van der Waals surface area contributed by atoms with Crippen molar-refractivity contribution in [2.45, 2.75) is 77.6 Å². The number of rotatable bonds is 10. The Kier molecular flexibility index (Phi) is 8.87. The highest BCUT2D eigenvalue weighted by molar-refractivity contribution is 5.64. The van der Waals surface area contributed by atoms with Crippen LogP contribution in [0.15, 0.2) is 36.4 Å². The maximum atomic E-state index is 10.3. The summed E-state index contributed by atoms with van der Waals surface area (Å²) in [6, 6.07) is 9.17. The van der Waals surface area contributed by atoms with Crippen LogP contribution in [-0.4, -0.2) is 6.29 Å². The molecular formula is C23H34O. The van der Waals surface area contributed by atoms with Gasteiger partial charge in [-0.05, 0) is 61.1 Å². The third-order valence-corrected chi connectivity index (χ3v) is 5.68. The second-order valence-electron chi connectivity index (χ2n) is 7.44. The Balaban J connectivity index is 1.54. The molecule has 0 atom stereocenters. The van der Waals surface area contributed by atoms with E-state index in [1.54, 1.807) is 6.08 Å². The Hall–Kier alpha value is -1.37. The second-order valence-corrected chi connectivity index (χ2v) is 7.44. The quantitative estimate of drug-likeness (QED) is 0.280. The molecule has 0 amide bonds. The van der Waals surface area contributed by atoms with Gasteiger partial charge in [-0.3, -0.25) is 4.79 Å². The fourth-order valence-corrected chi connectivity index (χ4v) is 4.00. The highest BCUT2D eigenvalue weighted by atomic mass is 16.1. The Labute approximate surface area is 148 Å². The summed E-state index contributed by atoms with van der Waals surface area (Å²) >= 11 is 0. The van der Waals surface area contributed by atoms with Crippen molar-refractivity contribution in [3.63, 3.8) is 0 Å². The summed E-state index contributed by atoms with van der Waals surface area (Å²) in [6.07, 6.45) is 19.0. The zero-order chi connectivity index (χ0) is 17.0. The zero-order valence-corrected chi connectivity index (χ0v) is 15.4. The molecule has 0 aliphatic heterocycles. The van der Waals surface area contributed by atoms with Crippen molar-refractivity contribution in [2.75, 3.05) is 0 Å². The van der Waals surface area contributed by atoms with E-state index >= 15 is 0 Å². The lowest BCUT2D eigenvalue weighted by atomic mass is 9.78. The minimum Gasteiger partial charge on any atom is -0.299 e. The van der Waals surface area contributed by atoms with Gasteiger partial charge >= 0.3 is 0 Å². The topological polar surface area (TPSA) is 17.1 Å². The standard InChI is InChI=1S/C23H34O/c1-2-20-11-13-22(14-12-20)9-5-6-10-23-17-15-21(16-18-23)8-4-3-7-19-24/h3,7,11-14,19,21,23H,2,4-6,8-10,15-18H2,1H3/b7-3+/t21-,23-. The SMILES string of the molecule is CCc1ccc(CCCC[C@H]2CC[C@H](CC/C=C/C=O)CC2)cc1. The highest BCUT2D eigenvalue weighted by Gasteiger charge is 2.20. The van der Waals surface area contributed by atoms with Crippen molar-refractivity contribution in [1.29, 1.82) is 0 Å². The van der Waals surface area contributed by atoms with Crippen LogP contribution in [0, 0.1) is 11.8 Å². The van der Waals surface area contributed by atoms with E-state index in [0.29, 0.717) is 0 Å². The van der Waals surface area contributed by atoms with Crippen molar-refractivity contribution in [2.24, 2.45) is 11.8 Å². The number of hydrogen-bond acceptors (Lipinski definition) is 1. The largest absolute Gasteiger partial charge is 0.299 e. The Morgan fingerprint density at radius 1 is 0.917 bits per heavy atom. The van der Waals surface area contributed by atoms with E-state index in [1.165, 1.54) is 68.9 Å². The van der Waals surface area contributed by atoms with Gasteiger partial charge in [-0.15, -0.1) is 0 Å². The van der Waals surface area contributed by atoms with Gasteiger partial charge in [0.1, 0.15) is 6.29 Å². The van der Waals surface area contributed by atoms with Crippen LogP contribution >= 0.6 is 0 Å². The molecular weight excluding hydrogens is 292 g/mol. The molecule has 0 saturated heterocycles. The van der Waals surface area contributed by atoms with Crippen molar-refractivity contribution in [3.8, 4) is 0 Å². The van der Waals surface area contributed by atoms with Crippen LogP contribution in [0.3, 0.4) is 0 Å². The van der Waals surface area contributed by atoms with Crippen molar-refractivity contribution in [3.05, 3.63) is 47.5 Å². The van der Waals surface area contributed by atoms with Gasteiger partial charge in [0.05, 0.1) is 0 Å². The van der Waals surface area contributed by atoms with Gasteiger partial charge in [0.25, 0.3) is 0 Å². The lowest BCUT2D eigenvalue weighted by molar-refractivity contribution is -0.104. The van der Waals surface area contributed by atoms with Crippen LogP contribution in [0.2, 0.25) is 0 Å². The monoisotopic (exact) mass is 326 g/mol. The van der Waals surface area contributed by atoms with Gasteiger partial charge in [-0.1, -0.05) is 75.8 Å². The lowest BCUT2D eigenvalue weighted by Crippen LogP contribution is -2.14. The van der Waals surface area contributed by atoms with Gasteiger partial charge in [0.2, 0.25) is 0 Å². The number of hydrogen-bond donors (Lipinski definition) is 0. The first kappa shape index (κ1) is 19.0. The van der Waals surface area contributed by atoms with Gasteiger partial charge in [0.15, 0.2) is 0 Å². The zero-order valence-electron chi connectivity index (χ0n) is 15.4. The molecule has 1 aromatic rings. The molecule has 0 unspecified atom stereocenters. The molecule has 1 fully saturated rings. The number of aldehydes is 1. The van der Waals surface area contributed by atoms with Gasteiger partial charge in [0, 0.05) is 0 Å². The minimum atomic E-state index is 0.884. The molecule has 1 heteroatoms. The smallest absolute Gasteiger partial charge is 0.142 e. The molecule has 132 valence electrons. The molecule has 24 heavy (non-hydrogen) atoms. The molecule has 1 nitrogen and oxygen atoms in total. The van der Waals surface area contributed by atoms with Gasteiger partial charge in [-0.25, -0.2) is 0 Å². The Bertz CT molecular complexity index is 477. The van der Waals surface area contributed by atoms with E-state index < -0.39 is 0 Å². The van der Waals surface area contributed by atoms with Gasteiger partial charge in [-0.2, -0.15) is 0 Å². The number of aryl methyl sites for hydroxylation is 2. The average Bonchev–Trinajstić information content (AvgIpc) is 2.64. The summed E-state index contributed by atoms with van der Waals surface area (Å²) in [5, 5.41) is 0. The van der Waals surface area contributed by atoms with Crippen LogP contribution in [0.4, 0.5) is 0 Å². The fraction of sp³-hybridized carbons (Fsp3) is 0.609. The van der Waals surface area contributed by atoms with Crippen LogP contribution < -0.4 is 0 Å². The number of allylic oxidation sites excluding steroid dienone is 2. The van der Waals surface area contributed by atoms with E-state index in [1.807, 2.05) is 6.08 Å². The summed E-state index contributed by atoms with van der Waals surface area (Å²) < 4.78 is 0. The predicted molar refractivity (Wildman–Crippen MR) is 103 cm³/mol. The first-order valence-corrected chi connectivity index (χ1v) is 10.00. The normalized spacial score (nSPS) is 21.2. The van der Waals surface area contributed by atoms with Crippen LogP contribution in [0.5, 0.6) is 0 Å². The van der Waals surface area contributed by atoms with E-state index in [4.69, 9.17) is 0 Å². The van der Waals surface area contributed by atoms with E-state index in [9.17, 15) is 4.79 Å². The Morgan fingerprint density at radius 3 is 2.17 bits per heavy atom. The first-order valence-electron chi connectivity index (χ1n) is 10.00. The fourth-order valence-electron chi connectivity index (χ4n) is 4.00. The third-order valence-electron chi connectivity index (χ3n) is 5.68. The molecule has 0 heterocycles. The van der Waals surface area contributed by atoms with Crippen molar-refractivity contribution < 1.29 is 4.79 Å². The van der Waals surface area contributed by atoms with Crippen molar-refractivity contribution in [1.82, 2.24) is 0 Å². The lowest BCUT2D eigenvalue weighted by Gasteiger charge is -2.28. The summed E-state index contributed by atoms with van der Waals surface area (Å²) in [4.78, 5) is 10.3. The maximum absolute atomic E-state index is 10.3. The number of carbonyl (C=O) groups excluding carboxylic acids is 1. The minimum absolute atomic E-state index is 0.884. The predicted octanol–water partition coefficient (Wildman–Crippen LogP) is 6.30. The molecule has 1 saturated carbocycles. The van der Waals surface area contributed by atoms with Gasteiger partial charge < -0.3 is 0 Å². The molecule has 1 aromatic carbocycles. The number of unbranched alkanes of at least 4 members (excludes halogenated alkanes) is 1. The average molecular weight is 327 g/mol. The van der Waals surface area contributed by atoms with Crippen molar-refractivity contribution >= 4 is 6.29 Å². The molecule has 0 bridgehead atoms. The second kappa shape index (κ2) is 11.2. The van der Waals surface area contributed by atoms with Crippen LogP contribution in [0.1, 0.15) is 75.8 Å². The van der Waals surface area contributed by atoms with Crippen LogP contribution in [-0.2, 0) is 17.6 Å². The molecule has 1 aliphatic rings. The molecule has 0 aromatic heterocycles. The van der Waals surface area contributed by atoms with E-state index in [0.717, 1.165) is 31.0 Å².